The summed E-state index contributed by atoms with van der Waals surface area (Å²) in [5.41, 5.74) is 1.97. The number of thiophene rings is 1. The Labute approximate surface area is 315 Å². The van der Waals surface area contributed by atoms with E-state index in [2.05, 4.69) is 10.3 Å². The zero-order chi connectivity index (χ0) is 41.4. The maximum Gasteiger partial charge on any atom is 0.490 e. The van der Waals surface area contributed by atoms with E-state index in [1.165, 1.54) is 19.4 Å². The number of carboxylic acid groups (broad SMARTS) is 3. The molecule has 11 nitrogen and oxygen atoms in total. The van der Waals surface area contributed by atoms with Crippen molar-refractivity contribution in [1.82, 2.24) is 15.2 Å². The first-order valence-corrected chi connectivity index (χ1v) is 16.8. The van der Waals surface area contributed by atoms with Crippen LogP contribution in [0, 0.1) is 11.6 Å². The number of nitrogens with zero attached hydrogens (tertiary/aromatic N) is 2. The molecule has 0 aliphatic heterocycles. The third-order valence-electron chi connectivity index (χ3n) is 8.10. The first-order valence-electron chi connectivity index (χ1n) is 15.6. The monoisotopic (exact) mass is 827 g/mol. The van der Waals surface area contributed by atoms with Gasteiger partial charge in [0, 0.05) is 30.4 Å². The summed E-state index contributed by atoms with van der Waals surface area (Å²) in [6.07, 6.45) is -5.55. The molecule has 2 heterocycles. The number of benzene rings is 2. The third kappa shape index (κ3) is 11.5. The van der Waals surface area contributed by atoms with Crippen molar-refractivity contribution in [3.63, 3.8) is 0 Å². The fourth-order valence-corrected chi connectivity index (χ4v) is 6.91. The number of ether oxygens (including phenoxy) is 1. The van der Waals surface area contributed by atoms with E-state index in [1.807, 2.05) is 19.2 Å². The molecule has 298 valence electrons. The van der Waals surface area contributed by atoms with Crippen LogP contribution in [0.2, 0.25) is 5.02 Å². The summed E-state index contributed by atoms with van der Waals surface area (Å²) >= 11 is 7.38. The molecule has 1 aliphatic carbocycles. The molecular weight excluding hydrogens is 798 g/mol. The van der Waals surface area contributed by atoms with Crippen LogP contribution in [0.4, 0.5) is 35.1 Å². The highest BCUT2D eigenvalue weighted by atomic mass is 35.5. The fourth-order valence-electron chi connectivity index (χ4n) is 5.40. The van der Waals surface area contributed by atoms with E-state index in [0.717, 1.165) is 54.7 Å². The van der Waals surface area contributed by atoms with Crippen LogP contribution in [0.25, 0.3) is 21.2 Å². The molecule has 1 fully saturated rings. The summed E-state index contributed by atoms with van der Waals surface area (Å²) in [4.78, 5) is 49.1. The molecule has 1 amide bonds. The first kappa shape index (κ1) is 44.3. The van der Waals surface area contributed by atoms with Gasteiger partial charge in [-0.05, 0) is 80.3 Å². The molecule has 0 spiro atoms. The number of rotatable bonds is 8. The highest BCUT2D eigenvalue weighted by molar-refractivity contribution is 7.21. The summed E-state index contributed by atoms with van der Waals surface area (Å²) in [6.45, 7) is 0.150. The Bertz CT molecular complexity index is 2010. The minimum absolute atomic E-state index is 0.00342. The molecule has 4 aromatic rings. The van der Waals surface area contributed by atoms with Gasteiger partial charge in [0.05, 0.1) is 22.2 Å². The summed E-state index contributed by atoms with van der Waals surface area (Å²) in [6, 6.07) is 10.8. The number of aromatic carboxylic acids is 1. The average molecular weight is 828 g/mol. The third-order valence-corrected chi connectivity index (χ3v) is 9.78. The predicted molar refractivity (Wildman–Crippen MR) is 182 cm³/mol. The van der Waals surface area contributed by atoms with Gasteiger partial charge in [-0.2, -0.15) is 26.3 Å². The van der Waals surface area contributed by atoms with Crippen molar-refractivity contribution < 1.29 is 74.4 Å². The first-order chi connectivity index (χ1) is 25.6. The van der Waals surface area contributed by atoms with E-state index >= 15 is 0 Å². The number of carboxylic acids is 3. The maximum absolute atomic E-state index is 14.6. The molecule has 1 aliphatic rings. The lowest BCUT2D eigenvalue weighted by Crippen LogP contribution is -2.44. The molecule has 4 N–H and O–H groups in total. The van der Waals surface area contributed by atoms with Crippen LogP contribution in [-0.2, 0) is 16.1 Å². The molecule has 0 unspecified atom stereocenters. The van der Waals surface area contributed by atoms with Gasteiger partial charge in [-0.1, -0.05) is 17.7 Å². The van der Waals surface area contributed by atoms with Crippen LogP contribution in [0.1, 0.15) is 51.4 Å². The van der Waals surface area contributed by atoms with E-state index in [1.54, 1.807) is 17.0 Å². The van der Waals surface area contributed by atoms with E-state index in [-0.39, 0.29) is 38.3 Å². The van der Waals surface area contributed by atoms with E-state index < -0.39 is 47.8 Å². The van der Waals surface area contributed by atoms with Gasteiger partial charge in [0.2, 0.25) is 0 Å². The molecule has 2 aromatic heterocycles. The number of nitrogens with one attached hydrogen (secondary N) is 1. The Balaban J connectivity index is 0.000000494. The Morgan fingerprint density at radius 3 is 1.93 bits per heavy atom. The van der Waals surface area contributed by atoms with E-state index in [4.69, 9.17) is 36.1 Å². The summed E-state index contributed by atoms with van der Waals surface area (Å²) in [5.74, 6) is -7.84. The number of carbonyl (C=O) groups is 4. The van der Waals surface area contributed by atoms with Gasteiger partial charge in [0.15, 0.2) is 0 Å². The van der Waals surface area contributed by atoms with Crippen molar-refractivity contribution in [3.05, 3.63) is 81.5 Å². The van der Waals surface area contributed by atoms with Crippen molar-refractivity contribution in [2.24, 2.45) is 0 Å². The van der Waals surface area contributed by atoms with Gasteiger partial charge >= 0.3 is 30.3 Å². The van der Waals surface area contributed by atoms with E-state index in [9.17, 15) is 49.8 Å². The van der Waals surface area contributed by atoms with Crippen molar-refractivity contribution in [3.8, 4) is 16.9 Å². The zero-order valence-electron chi connectivity index (χ0n) is 28.4. The van der Waals surface area contributed by atoms with Crippen molar-refractivity contribution in [2.45, 2.75) is 56.7 Å². The molecule has 1 saturated carbocycles. The van der Waals surface area contributed by atoms with Gasteiger partial charge in [-0.15, -0.1) is 11.3 Å². The van der Waals surface area contributed by atoms with Crippen LogP contribution in [0.5, 0.6) is 5.75 Å². The van der Waals surface area contributed by atoms with Gasteiger partial charge in [-0.3, -0.25) is 4.79 Å². The normalized spacial score (nSPS) is 15.5. The lowest BCUT2D eigenvalue weighted by atomic mass is 9.89. The van der Waals surface area contributed by atoms with Crippen LogP contribution in [0.3, 0.4) is 0 Å². The Kier molecular flexibility index (Phi) is 14.9. The number of hydrogen-bond acceptors (Lipinski definition) is 8. The SMILES string of the molecule is CNC1CCC(N(Cc2cc(-c3ccnc(C(=O)O)c3)ccc2OC)C(=O)c2sc3c(F)ccc(F)c3c2Cl)CC1.O=C(O)C(F)(F)F.O=C(O)C(F)(F)F. The minimum Gasteiger partial charge on any atom is -0.496 e. The van der Waals surface area contributed by atoms with Gasteiger partial charge < -0.3 is 30.3 Å². The lowest BCUT2D eigenvalue weighted by Gasteiger charge is -2.37. The molecule has 0 atom stereocenters. The van der Waals surface area contributed by atoms with Crippen LogP contribution in [-0.4, -0.2) is 87.6 Å². The van der Waals surface area contributed by atoms with Crippen molar-refractivity contribution >= 4 is 56.8 Å². The van der Waals surface area contributed by atoms with Crippen molar-refractivity contribution in [2.75, 3.05) is 14.2 Å². The quantitative estimate of drug-likeness (QED) is 0.128. The number of halogens is 9. The number of pyridine rings is 1. The molecule has 0 saturated heterocycles. The van der Waals surface area contributed by atoms with Gasteiger partial charge in [0.1, 0.15) is 28.0 Å². The fraction of sp³-hybridized carbons (Fsp3) is 0.324. The number of aliphatic carboxylic acids is 2. The maximum atomic E-state index is 14.6. The number of hydrogen-bond donors (Lipinski definition) is 4. The number of carbonyl (C=O) groups excluding carboxylic acids is 1. The second-order valence-corrected chi connectivity index (χ2v) is 13.0. The molecule has 0 radical (unpaired) electrons. The Hall–Kier alpha value is -5.08. The number of alkyl halides is 6. The van der Waals surface area contributed by atoms with Gasteiger partial charge in [-0.25, -0.2) is 28.1 Å². The van der Waals surface area contributed by atoms with E-state index in [0.29, 0.717) is 22.9 Å². The number of amides is 1. The Morgan fingerprint density at radius 2 is 1.44 bits per heavy atom. The standard InChI is InChI=1S/C30H28ClF2N3O4S.2C2HF3O2/c1-34-19-4-6-20(7-5-19)36(29(37)28-26(31)25-21(32)8-9-22(33)27(25)41-28)15-18-13-16(3-10-24(18)40-2)17-11-12-35-23(14-17)30(38)39;2*3-2(4,5)1(6)7/h3,8-14,19-20,34H,4-7,15H2,1-2H3,(H,38,39);2*(H,6,7). The summed E-state index contributed by atoms with van der Waals surface area (Å²) < 4.78 is 98.3. The van der Waals surface area contributed by atoms with Crippen LogP contribution < -0.4 is 10.1 Å². The van der Waals surface area contributed by atoms with Crippen LogP contribution in [0.15, 0.2) is 48.7 Å². The van der Waals surface area contributed by atoms with Crippen molar-refractivity contribution in [1.29, 1.82) is 0 Å². The predicted octanol–water partition coefficient (Wildman–Crippen LogP) is 8.04. The van der Waals surface area contributed by atoms with Crippen LogP contribution >= 0.6 is 22.9 Å². The lowest BCUT2D eigenvalue weighted by molar-refractivity contribution is -0.193. The molecule has 2 aromatic carbocycles. The zero-order valence-corrected chi connectivity index (χ0v) is 30.0. The second kappa shape index (κ2) is 18.5. The highest BCUT2D eigenvalue weighted by Crippen LogP contribution is 2.40. The van der Waals surface area contributed by atoms with Gasteiger partial charge in [0.25, 0.3) is 5.91 Å². The number of aromatic nitrogens is 1. The summed E-state index contributed by atoms with van der Waals surface area (Å²) in [7, 11) is 3.45. The second-order valence-electron chi connectivity index (χ2n) is 11.6. The topological polar surface area (TPSA) is 166 Å². The smallest absolute Gasteiger partial charge is 0.490 e. The molecular formula is C34H30ClF8N3O8S. The molecule has 55 heavy (non-hydrogen) atoms. The number of fused-ring (bicyclic) bond motifs is 1. The largest absolute Gasteiger partial charge is 0.496 e. The summed E-state index contributed by atoms with van der Waals surface area (Å²) in [5, 5.41) is 26.7. The average Bonchev–Trinajstić information content (AvgIpc) is 3.49. The number of methoxy groups -OCH3 is 1. The molecule has 5 rings (SSSR count). The Morgan fingerprint density at radius 1 is 0.891 bits per heavy atom. The highest BCUT2D eigenvalue weighted by Gasteiger charge is 2.39. The minimum atomic E-state index is -5.08. The molecule has 0 bridgehead atoms. The molecule has 21 heteroatoms.